The van der Waals surface area contributed by atoms with Crippen molar-refractivity contribution in [2.24, 2.45) is 5.92 Å². The highest BCUT2D eigenvalue weighted by Gasteiger charge is 2.43. The maximum absolute atomic E-state index is 14.8. The molecule has 6 nitrogen and oxygen atoms in total. The van der Waals surface area contributed by atoms with Crippen molar-refractivity contribution in [1.29, 1.82) is 0 Å². The Labute approximate surface area is 171 Å². The summed E-state index contributed by atoms with van der Waals surface area (Å²) in [4.78, 5) is 31.5. The fraction of sp³-hybridized carbons (Fsp3) is 0.600. The van der Waals surface area contributed by atoms with Crippen LogP contribution in [0.5, 0.6) is 0 Å². The first-order valence-corrected chi connectivity index (χ1v) is 9.70. The molecule has 0 spiro atoms. The third-order valence-corrected chi connectivity index (χ3v) is 5.01. The maximum atomic E-state index is 14.8. The zero-order valence-corrected chi connectivity index (χ0v) is 17.0. The first kappa shape index (κ1) is 22.3. The molecule has 166 valence electrons. The highest BCUT2D eigenvalue weighted by Crippen LogP contribution is 2.36. The van der Waals surface area contributed by atoms with E-state index in [-0.39, 0.29) is 38.1 Å². The molecule has 0 saturated carbocycles. The number of hydrogen-bond acceptors (Lipinski definition) is 4. The van der Waals surface area contributed by atoms with E-state index >= 15 is 0 Å². The van der Waals surface area contributed by atoms with Gasteiger partial charge in [0.2, 0.25) is 0 Å². The second-order valence-electron chi connectivity index (χ2n) is 8.43. The number of nitrogens with zero attached hydrogens (tertiary/aromatic N) is 2. The van der Waals surface area contributed by atoms with E-state index < -0.39 is 53.2 Å². The van der Waals surface area contributed by atoms with Crippen LogP contribution in [0, 0.1) is 23.4 Å². The van der Waals surface area contributed by atoms with E-state index in [9.17, 15) is 27.2 Å². The number of amides is 2. The van der Waals surface area contributed by atoms with Crippen molar-refractivity contribution in [1.82, 2.24) is 9.96 Å². The predicted molar refractivity (Wildman–Crippen MR) is 97.3 cm³/mol. The lowest BCUT2D eigenvalue weighted by Crippen LogP contribution is -2.51. The number of alkyl halides is 1. The number of hydrogen-bond donors (Lipinski definition) is 0. The molecule has 2 aliphatic heterocycles. The molecule has 2 heterocycles. The average Bonchev–Trinajstić information content (AvgIpc) is 3.12. The molecule has 1 aromatic rings. The number of carbonyl (C=O) groups is 2. The van der Waals surface area contributed by atoms with Gasteiger partial charge in [-0.15, -0.1) is 0 Å². The Morgan fingerprint density at radius 1 is 1.17 bits per heavy atom. The van der Waals surface area contributed by atoms with Crippen LogP contribution >= 0.6 is 0 Å². The summed E-state index contributed by atoms with van der Waals surface area (Å²) >= 11 is 0. The largest absolute Gasteiger partial charge is 0.444 e. The van der Waals surface area contributed by atoms with E-state index in [2.05, 4.69) is 0 Å². The van der Waals surface area contributed by atoms with E-state index in [0.29, 0.717) is 6.07 Å². The van der Waals surface area contributed by atoms with Gasteiger partial charge < -0.3 is 9.64 Å². The zero-order chi connectivity index (χ0) is 22.2. The van der Waals surface area contributed by atoms with Gasteiger partial charge >= 0.3 is 6.09 Å². The molecule has 0 aromatic heterocycles. The van der Waals surface area contributed by atoms with E-state index in [1.807, 2.05) is 0 Å². The first-order valence-electron chi connectivity index (χ1n) is 9.70. The van der Waals surface area contributed by atoms with Crippen LogP contribution in [-0.2, 0) is 14.4 Å². The summed E-state index contributed by atoms with van der Waals surface area (Å²) < 4.78 is 61.4. The Morgan fingerprint density at radius 3 is 2.50 bits per heavy atom. The minimum Gasteiger partial charge on any atom is -0.444 e. The number of halogens is 4. The third kappa shape index (κ3) is 4.69. The van der Waals surface area contributed by atoms with Crippen molar-refractivity contribution in [2.75, 3.05) is 19.7 Å². The molecule has 10 heteroatoms. The number of carbonyl (C=O) groups excluding carboxylic acids is 2. The number of likely N-dealkylation sites (tertiary alicyclic amines) is 1. The molecule has 1 unspecified atom stereocenters. The van der Waals surface area contributed by atoms with Crippen molar-refractivity contribution in [3.8, 4) is 0 Å². The lowest BCUT2D eigenvalue weighted by atomic mass is 9.93. The van der Waals surface area contributed by atoms with Crippen molar-refractivity contribution >= 4 is 12.0 Å². The standard InChI is InChI=1S/C20H24F4N2O4/c1-20(2,3)30-19(28)25-6-4-12(15(23)10-25)18(27)26-16(5-7-29-26)13-8-11(21)9-14(22)17(13)24/h8-9,12,15-16H,4-7,10H2,1-3H3/t12-,15+,16?/m0/s1. The van der Waals surface area contributed by atoms with Gasteiger partial charge in [-0.05, 0) is 33.3 Å². The Hall–Kier alpha value is -2.36. The molecular weight excluding hydrogens is 408 g/mol. The zero-order valence-electron chi connectivity index (χ0n) is 17.0. The fourth-order valence-electron chi connectivity index (χ4n) is 3.63. The summed E-state index contributed by atoms with van der Waals surface area (Å²) in [5, 5.41) is 0.803. The molecule has 3 rings (SSSR count). The topological polar surface area (TPSA) is 59.1 Å². The van der Waals surface area contributed by atoms with Crippen LogP contribution in [0.25, 0.3) is 0 Å². The van der Waals surface area contributed by atoms with Crippen LogP contribution in [0.15, 0.2) is 12.1 Å². The van der Waals surface area contributed by atoms with Crippen molar-refractivity contribution in [2.45, 2.75) is 51.4 Å². The molecule has 0 radical (unpaired) electrons. The highest BCUT2D eigenvalue weighted by atomic mass is 19.2. The van der Waals surface area contributed by atoms with Gasteiger partial charge in [0.1, 0.15) is 17.6 Å². The van der Waals surface area contributed by atoms with Gasteiger partial charge in [-0.1, -0.05) is 0 Å². The lowest BCUT2D eigenvalue weighted by molar-refractivity contribution is -0.185. The van der Waals surface area contributed by atoms with E-state index in [4.69, 9.17) is 9.57 Å². The molecule has 0 aliphatic carbocycles. The minimum absolute atomic E-state index is 0.00577. The molecule has 2 amide bonds. The van der Waals surface area contributed by atoms with Crippen LogP contribution in [0.1, 0.15) is 45.2 Å². The van der Waals surface area contributed by atoms with Crippen molar-refractivity contribution < 1.29 is 36.7 Å². The van der Waals surface area contributed by atoms with Gasteiger partial charge in [0, 0.05) is 24.6 Å². The normalized spacial score (nSPS) is 24.8. The van der Waals surface area contributed by atoms with Crippen LogP contribution in [0.2, 0.25) is 0 Å². The van der Waals surface area contributed by atoms with Crippen molar-refractivity contribution in [3.63, 3.8) is 0 Å². The molecule has 2 fully saturated rings. The number of hydroxylamine groups is 2. The Kier molecular flexibility index (Phi) is 6.26. The summed E-state index contributed by atoms with van der Waals surface area (Å²) in [6, 6.07) is 0.139. The monoisotopic (exact) mass is 432 g/mol. The van der Waals surface area contributed by atoms with Gasteiger partial charge in [0.15, 0.2) is 11.6 Å². The summed E-state index contributed by atoms with van der Waals surface area (Å²) in [7, 11) is 0. The van der Waals surface area contributed by atoms with E-state index in [1.165, 1.54) is 4.90 Å². The lowest BCUT2D eigenvalue weighted by Gasteiger charge is -2.36. The van der Waals surface area contributed by atoms with Gasteiger partial charge in [0.05, 0.1) is 25.1 Å². The Balaban J connectivity index is 1.72. The Morgan fingerprint density at radius 2 is 1.87 bits per heavy atom. The van der Waals surface area contributed by atoms with Gasteiger partial charge in [-0.25, -0.2) is 27.4 Å². The summed E-state index contributed by atoms with van der Waals surface area (Å²) in [6.45, 7) is 4.83. The molecule has 2 aliphatic rings. The molecule has 0 N–H and O–H groups in total. The van der Waals surface area contributed by atoms with E-state index in [0.717, 1.165) is 11.1 Å². The van der Waals surface area contributed by atoms with Gasteiger partial charge in [-0.2, -0.15) is 0 Å². The summed E-state index contributed by atoms with van der Waals surface area (Å²) in [5.41, 5.74) is -1.10. The average molecular weight is 432 g/mol. The minimum atomic E-state index is -1.70. The smallest absolute Gasteiger partial charge is 0.410 e. The SMILES string of the molecule is CC(C)(C)OC(=O)N1CC[C@H](C(=O)N2OCCC2c2cc(F)cc(F)c2F)[C@H](F)C1. The van der Waals surface area contributed by atoms with Crippen LogP contribution in [-0.4, -0.2) is 53.4 Å². The van der Waals surface area contributed by atoms with Crippen LogP contribution < -0.4 is 0 Å². The van der Waals surface area contributed by atoms with Gasteiger partial charge in [-0.3, -0.25) is 9.63 Å². The second-order valence-corrected chi connectivity index (χ2v) is 8.43. The highest BCUT2D eigenvalue weighted by molar-refractivity contribution is 5.80. The van der Waals surface area contributed by atoms with Crippen LogP contribution in [0.3, 0.4) is 0 Å². The predicted octanol–water partition coefficient (Wildman–Crippen LogP) is 3.90. The number of piperidine rings is 1. The first-order chi connectivity index (χ1) is 14.0. The summed E-state index contributed by atoms with van der Waals surface area (Å²) in [5.74, 6) is -5.53. The molecular formula is C20H24F4N2O4. The van der Waals surface area contributed by atoms with Gasteiger partial charge in [0.25, 0.3) is 5.91 Å². The second kappa shape index (κ2) is 8.41. The molecule has 1 aromatic carbocycles. The van der Waals surface area contributed by atoms with E-state index in [1.54, 1.807) is 20.8 Å². The molecule has 30 heavy (non-hydrogen) atoms. The number of rotatable bonds is 2. The maximum Gasteiger partial charge on any atom is 0.410 e. The molecule has 0 bridgehead atoms. The molecule has 3 atom stereocenters. The summed E-state index contributed by atoms with van der Waals surface area (Å²) in [6.07, 6.45) is -2.26. The van der Waals surface area contributed by atoms with Crippen molar-refractivity contribution in [3.05, 3.63) is 35.1 Å². The number of ether oxygens (including phenoxy) is 1. The molecule has 2 saturated heterocycles. The quantitative estimate of drug-likeness (QED) is 0.525. The fourth-order valence-corrected chi connectivity index (χ4v) is 3.63. The van der Waals surface area contributed by atoms with Crippen LogP contribution in [0.4, 0.5) is 22.4 Å². The Bertz CT molecular complexity index is 830. The number of benzene rings is 1. The third-order valence-electron chi connectivity index (χ3n) is 5.01.